The highest BCUT2D eigenvalue weighted by Gasteiger charge is 2.31. The number of hydrogen-bond acceptors (Lipinski definition) is 4. The van der Waals surface area contributed by atoms with Crippen LogP contribution in [0.2, 0.25) is 15.1 Å². The van der Waals surface area contributed by atoms with Crippen LogP contribution in [0.5, 0.6) is 0 Å². The highest BCUT2D eigenvalue weighted by molar-refractivity contribution is 7.92. The summed E-state index contributed by atoms with van der Waals surface area (Å²) in [5.41, 5.74) is 0.833. The van der Waals surface area contributed by atoms with Crippen molar-refractivity contribution in [2.24, 2.45) is 0 Å². The number of amides is 2. The van der Waals surface area contributed by atoms with Crippen molar-refractivity contribution in [2.75, 3.05) is 17.1 Å². The molecule has 2 amide bonds. The molecule has 2 aromatic rings. The van der Waals surface area contributed by atoms with E-state index >= 15 is 0 Å². The lowest BCUT2D eigenvalue weighted by molar-refractivity contribution is -0.139. The molecule has 0 aliphatic heterocycles. The van der Waals surface area contributed by atoms with Crippen molar-refractivity contribution in [1.29, 1.82) is 0 Å². The van der Waals surface area contributed by atoms with E-state index in [-0.39, 0.29) is 34.2 Å². The van der Waals surface area contributed by atoms with Crippen LogP contribution in [0.25, 0.3) is 0 Å². The van der Waals surface area contributed by atoms with E-state index < -0.39 is 28.5 Å². The van der Waals surface area contributed by atoms with E-state index in [9.17, 15) is 18.0 Å². The van der Waals surface area contributed by atoms with E-state index in [1.54, 1.807) is 31.2 Å². The van der Waals surface area contributed by atoms with Gasteiger partial charge in [0.1, 0.15) is 12.6 Å². The van der Waals surface area contributed by atoms with Gasteiger partial charge in [0, 0.05) is 17.6 Å². The van der Waals surface area contributed by atoms with Gasteiger partial charge in [-0.2, -0.15) is 0 Å². The average molecular weight is 561 g/mol. The van der Waals surface area contributed by atoms with Crippen LogP contribution in [0.1, 0.15) is 38.2 Å². The maximum atomic E-state index is 13.6. The summed E-state index contributed by atoms with van der Waals surface area (Å²) in [6.07, 6.45) is 4.90. The molecule has 0 heterocycles. The first-order valence-electron chi connectivity index (χ1n) is 11.2. The first kappa shape index (κ1) is 27.6. The second kappa shape index (κ2) is 11.8. The van der Waals surface area contributed by atoms with Crippen molar-refractivity contribution >= 4 is 62.3 Å². The van der Waals surface area contributed by atoms with Gasteiger partial charge in [0.15, 0.2) is 0 Å². The van der Waals surface area contributed by atoms with Crippen molar-refractivity contribution in [3.8, 4) is 0 Å². The molecule has 2 aromatic carbocycles. The molecule has 1 atom stereocenters. The lowest BCUT2D eigenvalue weighted by Gasteiger charge is -2.32. The Balaban J connectivity index is 1.90. The van der Waals surface area contributed by atoms with Crippen LogP contribution in [-0.2, 0) is 26.2 Å². The molecule has 1 aliphatic carbocycles. The Kier molecular flexibility index (Phi) is 9.32. The molecule has 1 aliphatic rings. The topological polar surface area (TPSA) is 86.8 Å². The highest BCUT2D eigenvalue weighted by Crippen LogP contribution is 2.29. The quantitative estimate of drug-likeness (QED) is 0.473. The van der Waals surface area contributed by atoms with Crippen LogP contribution in [-0.4, -0.2) is 50.0 Å². The molecule has 1 unspecified atom stereocenters. The van der Waals surface area contributed by atoms with Crippen LogP contribution >= 0.6 is 34.8 Å². The number of hydrogen-bond donors (Lipinski definition) is 1. The number of nitrogens with one attached hydrogen (secondary N) is 1. The smallest absolute Gasteiger partial charge is 0.244 e. The van der Waals surface area contributed by atoms with Crippen molar-refractivity contribution in [3.63, 3.8) is 0 Å². The monoisotopic (exact) mass is 559 g/mol. The summed E-state index contributed by atoms with van der Waals surface area (Å²) in [5, 5.41) is 3.87. The summed E-state index contributed by atoms with van der Waals surface area (Å²) >= 11 is 18.4. The SMILES string of the molecule is CC(C(=O)NC1CCCC1)N(Cc1ccccc1Cl)C(=O)CN(c1ccc(Cl)c(Cl)c1)S(C)(=O)=O. The van der Waals surface area contributed by atoms with Gasteiger partial charge in [0.05, 0.1) is 22.0 Å². The van der Waals surface area contributed by atoms with Gasteiger partial charge in [-0.05, 0) is 49.6 Å². The summed E-state index contributed by atoms with van der Waals surface area (Å²) in [6.45, 7) is 1.14. The molecule has 3 rings (SSSR count). The fourth-order valence-corrected chi connectivity index (χ4v) is 5.37. The van der Waals surface area contributed by atoms with Gasteiger partial charge < -0.3 is 10.2 Å². The minimum absolute atomic E-state index is 0.0384. The normalized spacial score (nSPS) is 15.0. The van der Waals surface area contributed by atoms with Gasteiger partial charge in [-0.15, -0.1) is 0 Å². The molecule has 1 fully saturated rings. The zero-order valence-electron chi connectivity index (χ0n) is 19.5. The molecule has 7 nitrogen and oxygen atoms in total. The third-order valence-corrected chi connectivity index (χ3v) is 8.29. The van der Waals surface area contributed by atoms with E-state index in [0.29, 0.717) is 10.6 Å². The third-order valence-electron chi connectivity index (χ3n) is 6.04. The van der Waals surface area contributed by atoms with Crippen molar-refractivity contribution in [1.82, 2.24) is 10.2 Å². The van der Waals surface area contributed by atoms with Crippen LogP contribution < -0.4 is 9.62 Å². The van der Waals surface area contributed by atoms with Gasteiger partial charge in [-0.1, -0.05) is 65.8 Å². The predicted molar refractivity (Wildman–Crippen MR) is 141 cm³/mol. The number of anilines is 1. The minimum atomic E-state index is -3.86. The van der Waals surface area contributed by atoms with Crippen LogP contribution in [0.15, 0.2) is 42.5 Å². The second-order valence-electron chi connectivity index (χ2n) is 8.65. The summed E-state index contributed by atoms with van der Waals surface area (Å²) in [5.74, 6) is -0.853. The molecule has 0 spiro atoms. The van der Waals surface area contributed by atoms with Crippen LogP contribution in [0.3, 0.4) is 0 Å². The van der Waals surface area contributed by atoms with Gasteiger partial charge in [0.2, 0.25) is 21.8 Å². The number of halogens is 3. The van der Waals surface area contributed by atoms with Crippen LogP contribution in [0, 0.1) is 0 Å². The number of carbonyl (C=O) groups is 2. The summed E-state index contributed by atoms with van der Waals surface area (Å²) in [6, 6.07) is 10.5. The van der Waals surface area contributed by atoms with Gasteiger partial charge >= 0.3 is 0 Å². The lowest BCUT2D eigenvalue weighted by Crippen LogP contribution is -2.52. The molecule has 0 saturated heterocycles. The van der Waals surface area contributed by atoms with Gasteiger partial charge in [-0.25, -0.2) is 8.42 Å². The third kappa shape index (κ3) is 7.26. The number of benzene rings is 2. The van der Waals surface area contributed by atoms with Crippen LogP contribution in [0.4, 0.5) is 5.69 Å². The Labute approximate surface area is 221 Å². The number of sulfonamides is 1. The van der Waals surface area contributed by atoms with E-state index in [2.05, 4.69) is 5.32 Å². The first-order chi connectivity index (χ1) is 16.5. The Hall–Kier alpha value is -2.00. The Morgan fingerprint density at radius 3 is 2.29 bits per heavy atom. The second-order valence-corrected chi connectivity index (χ2v) is 11.8. The lowest BCUT2D eigenvalue weighted by atomic mass is 10.1. The molecule has 1 saturated carbocycles. The predicted octanol–water partition coefficient (Wildman–Crippen LogP) is 4.89. The zero-order chi connectivity index (χ0) is 25.8. The zero-order valence-corrected chi connectivity index (χ0v) is 22.6. The summed E-state index contributed by atoms with van der Waals surface area (Å²) in [4.78, 5) is 28.0. The van der Waals surface area contributed by atoms with E-state index in [4.69, 9.17) is 34.8 Å². The van der Waals surface area contributed by atoms with Gasteiger partial charge in [-0.3, -0.25) is 13.9 Å². The first-order valence-corrected chi connectivity index (χ1v) is 14.2. The fraction of sp³-hybridized carbons (Fsp3) is 0.417. The molecule has 1 N–H and O–H groups in total. The van der Waals surface area contributed by atoms with Crippen molar-refractivity contribution in [2.45, 2.75) is 51.2 Å². The minimum Gasteiger partial charge on any atom is -0.352 e. The Morgan fingerprint density at radius 2 is 1.69 bits per heavy atom. The maximum absolute atomic E-state index is 13.6. The number of carbonyl (C=O) groups excluding carboxylic acids is 2. The van der Waals surface area contributed by atoms with E-state index in [1.807, 2.05) is 0 Å². The standard InChI is InChI=1S/C24H28Cl3N3O4S/c1-16(24(32)28-18-8-4-5-9-18)29(14-17-7-3-6-10-20(17)25)23(31)15-30(35(2,33)34)19-11-12-21(26)22(27)13-19/h3,6-7,10-13,16,18H,4-5,8-9,14-15H2,1-2H3,(H,28,32). The Bertz CT molecular complexity index is 1190. The Morgan fingerprint density at radius 1 is 1.03 bits per heavy atom. The maximum Gasteiger partial charge on any atom is 0.244 e. The van der Waals surface area contributed by atoms with Crippen molar-refractivity contribution in [3.05, 3.63) is 63.1 Å². The fourth-order valence-electron chi connectivity index (χ4n) is 4.04. The molecule has 0 radical (unpaired) electrons. The van der Waals surface area contributed by atoms with E-state index in [0.717, 1.165) is 36.2 Å². The molecule has 0 bridgehead atoms. The van der Waals surface area contributed by atoms with E-state index in [1.165, 1.54) is 23.1 Å². The average Bonchev–Trinajstić information content (AvgIpc) is 3.30. The molecular weight excluding hydrogens is 533 g/mol. The molecule has 190 valence electrons. The summed E-state index contributed by atoms with van der Waals surface area (Å²) < 4.78 is 26.2. The number of nitrogens with zero attached hydrogens (tertiary/aromatic N) is 2. The van der Waals surface area contributed by atoms with Gasteiger partial charge in [0.25, 0.3) is 0 Å². The molecule has 0 aromatic heterocycles. The molecule has 11 heteroatoms. The molecular formula is C24H28Cl3N3O4S. The summed E-state index contributed by atoms with van der Waals surface area (Å²) in [7, 11) is -3.86. The molecule has 35 heavy (non-hydrogen) atoms. The highest BCUT2D eigenvalue weighted by atomic mass is 35.5. The van der Waals surface area contributed by atoms with Crippen molar-refractivity contribution < 1.29 is 18.0 Å². The number of rotatable bonds is 9. The largest absolute Gasteiger partial charge is 0.352 e.